The topological polar surface area (TPSA) is 88.2 Å². The van der Waals surface area contributed by atoms with Gasteiger partial charge >= 0.3 is 6.03 Å². The van der Waals surface area contributed by atoms with Crippen LogP contribution < -0.4 is 10.6 Å². The molecule has 1 aliphatic heterocycles. The van der Waals surface area contributed by atoms with E-state index in [-0.39, 0.29) is 5.75 Å². The van der Waals surface area contributed by atoms with Crippen molar-refractivity contribution >= 4 is 32.3 Å². The van der Waals surface area contributed by atoms with Crippen molar-refractivity contribution in [2.45, 2.75) is 19.9 Å². The molecule has 0 aliphatic carbocycles. The van der Waals surface area contributed by atoms with Gasteiger partial charge in [-0.05, 0) is 19.9 Å². The van der Waals surface area contributed by atoms with Crippen molar-refractivity contribution in [2.75, 3.05) is 11.1 Å². The summed E-state index contributed by atoms with van der Waals surface area (Å²) < 4.78 is 22.3. The number of carbonyl (C=O) groups is 1. The van der Waals surface area contributed by atoms with Crippen LogP contribution in [0.3, 0.4) is 0 Å². The van der Waals surface area contributed by atoms with Gasteiger partial charge in [-0.1, -0.05) is 0 Å². The highest BCUT2D eigenvalue weighted by molar-refractivity contribution is 7.94. The van der Waals surface area contributed by atoms with Crippen molar-refractivity contribution in [2.24, 2.45) is 0 Å². The summed E-state index contributed by atoms with van der Waals surface area (Å²) in [5.74, 6) is -0.0870. The fraction of sp³-hybridized carbons (Fsp3) is 0.400. The summed E-state index contributed by atoms with van der Waals surface area (Å²) in [4.78, 5) is 16.8. The SMILES string of the molecule is Cc1nc(NC(=O)N[C@@H]2C=CS(=O)(=O)C2)sc1C. The highest BCUT2D eigenvalue weighted by Crippen LogP contribution is 2.20. The summed E-state index contributed by atoms with van der Waals surface area (Å²) in [5, 5.41) is 6.78. The van der Waals surface area contributed by atoms with Crippen molar-refractivity contribution in [3.8, 4) is 0 Å². The molecule has 0 saturated heterocycles. The lowest BCUT2D eigenvalue weighted by atomic mass is 10.3. The van der Waals surface area contributed by atoms with Crippen LogP contribution in [0.4, 0.5) is 9.93 Å². The number of hydrogen-bond donors (Lipinski definition) is 2. The number of anilines is 1. The van der Waals surface area contributed by atoms with Gasteiger partial charge in [0.1, 0.15) is 0 Å². The van der Waals surface area contributed by atoms with Crippen LogP contribution in [0.1, 0.15) is 10.6 Å². The van der Waals surface area contributed by atoms with Crippen LogP contribution in [-0.4, -0.2) is 31.2 Å². The second-order valence-corrected chi connectivity index (χ2v) is 7.16. The number of hydrogen-bond acceptors (Lipinski definition) is 5. The minimum Gasteiger partial charge on any atom is -0.331 e. The zero-order valence-electron chi connectivity index (χ0n) is 9.93. The Morgan fingerprint density at radius 1 is 1.50 bits per heavy atom. The van der Waals surface area contributed by atoms with E-state index < -0.39 is 21.9 Å². The van der Waals surface area contributed by atoms with Crippen LogP contribution in [0.15, 0.2) is 11.5 Å². The molecule has 1 aromatic rings. The molecule has 98 valence electrons. The van der Waals surface area contributed by atoms with Crippen LogP contribution in [0, 0.1) is 13.8 Å². The number of urea groups is 1. The average molecular weight is 287 g/mol. The Bertz CT molecular complexity index is 584. The third-order valence-electron chi connectivity index (χ3n) is 2.50. The second-order valence-electron chi connectivity index (χ2n) is 4.02. The predicted octanol–water partition coefficient (Wildman–Crippen LogP) is 1.19. The van der Waals surface area contributed by atoms with Crippen LogP contribution >= 0.6 is 11.3 Å². The molecule has 0 bridgehead atoms. The van der Waals surface area contributed by atoms with Gasteiger partial charge < -0.3 is 5.32 Å². The first-order valence-corrected chi connectivity index (χ1v) is 7.81. The van der Waals surface area contributed by atoms with E-state index in [1.807, 2.05) is 13.8 Å². The Labute approximate surface area is 109 Å². The van der Waals surface area contributed by atoms with Crippen molar-refractivity contribution in [3.05, 3.63) is 22.1 Å². The van der Waals surface area contributed by atoms with E-state index >= 15 is 0 Å². The number of aryl methyl sites for hydroxylation is 2. The van der Waals surface area contributed by atoms with E-state index in [0.29, 0.717) is 5.13 Å². The van der Waals surface area contributed by atoms with E-state index in [4.69, 9.17) is 0 Å². The number of sulfone groups is 1. The first kappa shape index (κ1) is 13.0. The fourth-order valence-corrected chi connectivity index (χ4v) is 3.54. The van der Waals surface area contributed by atoms with E-state index in [0.717, 1.165) is 16.0 Å². The average Bonchev–Trinajstić information content (AvgIpc) is 2.71. The Balaban J connectivity index is 1.92. The van der Waals surface area contributed by atoms with Gasteiger partial charge in [0.15, 0.2) is 15.0 Å². The van der Waals surface area contributed by atoms with Gasteiger partial charge in [-0.25, -0.2) is 18.2 Å². The molecule has 0 aromatic carbocycles. The Kier molecular flexibility index (Phi) is 3.40. The van der Waals surface area contributed by atoms with Crippen LogP contribution in [0.5, 0.6) is 0 Å². The van der Waals surface area contributed by atoms with Gasteiger partial charge in [0, 0.05) is 10.3 Å². The van der Waals surface area contributed by atoms with E-state index in [2.05, 4.69) is 15.6 Å². The first-order valence-electron chi connectivity index (χ1n) is 5.28. The standard InChI is InChI=1S/C10H13N3O3S2/c1-6-7(2)17-10(11-6)13-9(14)12-8-3-4-18(15,16)5-8/h3-4,8H,5H2,1-2H3,(H2,11,12,13,14)/t8-/m1/s1. The Hall–Kier alpha value is -1.41. The third kappa shape index (κ3) is 3.08. The van der Waals surface area contributed by atoms with E-state index in [1.54, 1.807) is 0 Å². The van der Waals surface area contributed by atoms with Gasteiger partial charge in [0.05, 0.1) is 17.5 Å². The molecule has 0 spiro atoms. The molecule has 2 N–H and O–H groups in total. The number of carbonyl (C=O) groups excluding carboxylic acids is 1. The molecular formula is C10H13N3O3S2. The predicted molar refractivity (Wildman–Crippen MR) is 70.5 cm³/mol. The number of rotatable bonds is 2. The molecule has 2 amide bonds. The van der Waals surface area contributed by atoms with Gasteiger partial charge in [0.2, 0.25) is 0 Å². The largest absolute Gasteiger partial charge is 0.331 e. The van der Waals surface area contributed by atoms with Crippen molar-refractivity contribution in [1.82, 2.24) is 10.3 Å². The summed E-state index contributed by atoms with van der Waals surface area (Å²) in [5.41, 5.74) is 0.874. The highest BCUT2D eigenvalue weighted by atomic mass is 32.2. The van der Waals surface area contributed by atoms with Crippen LogP contribution in [-0.2, 0) is 9.84 Å². The minimum absolute atomic E-state index is 0.0870. The van der Waals surface area contributed by atoms with Gasteiger partial charge in [0.25, 0.3) is 0 Å². The highest BCUT2D eigenvalue weighted by Gasteiger charge is 2.23. The lowest BCUT2D eigenvalue weighted by Crippen LogP contribution is -2.38. The smallest absolute Gasteiger partial charge is 0.321 e. The molecule has 0 radical (unpaired) electrons. The number of thiazole rings is 1. The molecule has 2 rings (SSSR count). The maximum absolute atomic E-state index is 11.6. The van der Waals surface area contributed by atoms with Crippen molar-refractivity contribution in [1.29, 1.82) is 0 Å². The molecule has 8 heteroatoms. The molecule has 1 atom stereocenters. The Morgan fingerprint density at radius 2 is 2.22 bits per heavy atom. The summed E-state index contributed by atoms with van der Waals surface area (Å²) in [6, 6.07) is -0.923. The molecule has 0 fully saturated rings. The lowest BCUT2D eigenvalue weighted by molar-refractivity contribution is 0.251. The monoisotopic (exact) mass is 287 g/mol. The fourth-order valence-electron chi connectivity index (χ4n) is 1.49. The summed E-state index contributed by atoms with van der Waals surface area (Å²) in [6.45, 7) is 3.78. The van der Waals surface area contributed by atoms with Gasteiger partial charge in [-0.2, -0.15) is 0 Å². The molecule has 18 heavy (non-hydrogen) atoms. The molecule has 1 aromatic heterocycles. The summed E-state index contributed by atoms with van der Waals surface area (Å²) >= 11 is 1.38. The number of aromatic nitrogens is 1. The maximum Gasteiger partial charge on any atom is 0.321 e. The summed E-state index contributed by atoms with van der Waals surface area (Å²) in [6.07, 6.45) is 1.47. The Morgan fingerprint density at radius 3 is 2.72 bits per heavy atom. The van der Waals surface area contributed by atoms with Crippen LogP contribution in [0.25, 0.3) is 0 Å². The molecular weight excluding hydrogens is 274 g/mol. The molecule has 2 heterocycles. The first-order chi connectivity index (χ1) is 8.35. The minimum atomic E-state index is -3.15. The molecule has 6 nitrogen and oxygen atoms in total. The van der Waals surface area contributed by atoms with Crippen molar-refractivity contribution < 1.29 is 13.2 Å². The number of amides is 2. The van der Waals surface area contributed by atoms with E-state index in [9.17, 15) is 13.2 Å². The number of nitrogens with zero attached hydrogens (tertiary/aromatic N) is 1. The molecule has 0 saturated carbocycles. The van der Waals surface area contributed by atoms with Crippen LogP contribution in [0.2, 0.25) is 0 Å². The van der Waals surface area contributed by atoms with Crippen molar-refractivity contribution in [3.63, 3.8) is 0 Å². The molecule has 1 aliphatic rings. The second kappa shape index (κ2) is 4.69. The zero-order chi connectivity index (χ0) is 13.3. The van der Waals surface area contributed by atoms with Gasteiger partial charge in [-0.3, -0.25) is 5.32 Å². The number of nitrogens with one attached hydrogen (secondary N) is 2. The quantitative estimate of drug-likeness (QED) is 0.855. The lowest BCUT2D eigenvalue weighted by Gasteiger charge is -2.09. The summed E-state index contributed by atoms with van der Waals surface area (Å²) in [7, 11) is -3.15. The van der Waals surface area contributed by atoms with E-state index in [1.165, 1.54) is 17.4 Å². The van der Waals surface area contributed by atoms with Gasteiger partial charge in [-0.15, -0.1) is 11.3 Å². The normalized spacial score (nSPS) is 20.9. The maximum atomic E-state index is 11.6. The molecule has 0 unspecified atom stereocenters. The third-order valence-corrected chi connectivity index (χ3v) is 4.88. The zero-order valence-corrected chi connectivity index (χ0v) is 11.6.